The van der Waals surface area contributed by atoms with Crippen LogP contribution in [-0.2, 0) is 14.8 Å². The van der Waals surface area contributed by atoms with Crippen LogP contribution in [-0.4, -0.2) is 50.8 Å². The Labute approximate surface area is 136 Å². The summed E-state index contributed by atoms with van der Waals surface area (Å²) in [4.78, 5) is 17.0. The van der Waals surface area contributed by atoms with Crippen LogP contribution in [0.5, 0.6) is 0 Å². The van der Waals surface area contributed by atoms with E-state index in [9.17, 15) is 13.2 Å². The Hall–Kier alpha value is -2.11. The van der Waals surface area contributed by atoms with Gasteiger partial charge < -0.3 is 5.32 Å². The van der Waals surface area contributed by atoms with Gasteiger partial charge in [-0.15, -0.1) is 0 Å². The van der Waals surface area contributed by atoms with Gasteiger partial charge in [-0.05, 0) is 18.6 Å². The van der Waals surface area contributed by atoms with Crippen molar-refractivity contribution in [2.45, 2.75) is 19.0 Å². The molecule has 23 heavy (non-hydrogen) atoms. The monoisotopic (exact) mass is 336 g/mol. The normalized spacial score (nSPS) is 17.7. The summed E-state index contributed by atoms with van der Waals surface area (Å²) in [5, 5.41) is 2.84. The van der Waals surface area contributed by atoms with E-state index in [1.807, 2.05) is 0 Å². The molecule has 7 nitrogen and oxygen atoms in total. The predicted octanol–water partition coefficient (Wildman–Crippen LogP) is 0.886. The molecule has 1 amide bonds. The van der Waals surface area contributed by atoms with Gasteiger partial charge in [0.05, 0.1) is 12.3 Å². The predicted molar refractivity (Wildman–Crippen MR) is 88.1 cm³/mol. The maximum atomic E-state index is 12.0. The van der Waals surface area contributed by atoms with Gasteiger partial charge in [0.15, 0.2) is 0 Å². The van der Waals surface area contributed by atoms with Crippen LogP contribution in [0.3, 0.4) is 0 Å². The Kier molecular flexibility index (Phi) is 5.96. The van der Waals surface area contributed by atoms with E-state index in [1.54, 1.807) is 35.2 Å². The second-order valence-corrected chi connectivity index (χ2v) is 7.14. The molecule has 0 saturated carbocycles. The van der Waals surface area contributed by atoms with Crippen molar-refractivity contribution in [2.24, 2.45) is 0 Å². The molecule has 0 aliphatic carbocycles. The SMILES string of the molecule is [C-]#[N+][C@@H]1CCCN1C(=O)CNCCS(=O)(=O)Nc1ccccc1. The standard InChI is InChI=1S/C15H20N4O3S/c1-16-14-8-5-10-19(14)15(20)12-17-9-11-23(21,22)18-13-6-3-2-4-7-13/h2-4,6-7,14,17-18H,5,8-12H2/t14-/m0/s1. The van der Waals surface area contributed by atoms with E-state index < -0.39 is 10.0 Å². The lowest BCUT2D eigenvalue weighted by Crippen LogP contribution is -2.41. The van der Waals surface area contributed by atoms with Crippen molar-refractivity contribution in [2.75, 3.05) is 30.1 Å². The van der Waals surface area contributed by atoms with Crippen LogP contribution in [0.1, 0.15) is 12.8 Å². The van der Waals surface area contributed by atoms with Gasteiger partial charge in [-0.3, -0.25) is 19.3 Å². The lowest BCUT2D eigenvalue weighted by molar-refractivity contribution is -0.130. The maximum Gasteiger partial charge on any atom is 0.300 e. The first-order valence-corrected chi connectivity index (χ1v) is 9.09. The van der Waals surface area contributed by atoms with Crippen LogP contribution in [0.2, 0.25) is 0 Å². The number of carbonyl (C=O) groups is 1. The minimum absolute atomic E-state index is 0.0485. The molecule has 0 aromatic heterocycles. The van der Waals surface area contributed by atoms with Gasteiger partial charge in [0.25, 0.3) is 0 Å². The van der Waals surface area contributed by atoms with Crippen molar-refractivity contribution in [1.82, 2.24) is 10.2 Å². The number of likely N-dealkylation sites (tertiary alicyclic amines) is 1. The second-order valence-electron chi connectivity index (χ2n) is 5.30. The third kappa shape index (κ3) is 5.23. The van der Waals surface area contributed by atoms with Crippen molar-refractivity contribution < 1.29 is 13.2 Å². The van der Waals surface area contributed by atoms with E-state index in [1.165, 1.54) is 0 Å². The molecule has 8 heteroatoms. The number of benzene rings is 1. The zero-order valence-corrected chi connectivity index (χ0v) is 13.6. The number of sulfonamides is 1. The highest BCUT2D eigenvalue weighted by Gasteiger charge is 2.32. The number of anilines is 1. The second kappa shape index (κ2) is 7.94. The molecule has 0 radical (unpaired) electrons. The Morgan fingerprint density at radius 3 is 2.78 bits per heavy atom. The van der Waals surface area contributed by atoms with E-state index >= 15 is 0 Å². The third-order valence-corrected chi connectivity index (χ3v) is 4.85. The summed E-state index contributed by atoms with van der Waals surface area (Å²) in [5.74, 6) is -0.279. The minimum atomic E-state index is -3.45. The largest absolute Gasteiger partial charge is 0.307 e. The summed E-state index contributed by atoms with van der Waals surface area (Å²) in [5.41, 5.74) is 0.514. The van der Waals surface area contributed by atoms with Crippen molar-refractivity contribution in [3.05, 3.63) is 41.7 Å². The number of para-hydroxylation sites is 1. The Bertz CT molecular complexity index is 670. The fraction of sp³-hybridized carbons (Fsp3) is 0.467. The third-order valence-electron chi connectivity index (χ3n) is 3.56. The van der Waals surface area contributed by atoms with Crippen LogP contribution >= 0.6 is 0 Å². The minimum Gasteiger partial charge on any atom is -0.307 e. The molecular formula is C15H20N4O3S. The summed E-state index contributed by atoms with van der Waals surface area (Å²) in [6.45, 7) is 7.87. The number of rotatable bonds is 7. The van der Waals surface area contributed by atoms with Crippen molar-refractivity contribution in [3.63, 3.8) is 0 Å². The zero-order chi connectivity index (χ0) is 16.7. The number of carbonyl (C=O) groups excluding carboxylic acids is 1. The van der Waals surface area contributed by atoms with Crippen LogP contribution in [0, 0.1) is 6.57 Å². The average Bonchev–Trinajstić information content (AvgIpc) is 3.00. The lowest BCUT2D eigenvalue weighted by atomic mass is 10.3. The lowest BCUT2D eigenvalue weighted by Gasteiger charge is -2.16. The average molecular weight is 336 g/mol. The maximum absolute atomic E-state index is 12.0. The van der Waals surface area contributed by atoms with E-state index in [0.29, 0.717) is 18.7 Å². The molecule has 2 rings (SSSR count). The van der Waals surface area contributed by atoms with Crippen LogP contribution < -0.4 is 10.0 Å². The zero-order valence-electron chi connectivity index (χ0n) is 12.7. The highest BCUT2D eigenvalue weighted by Crippen LogP contribution is 2.17. The Morgan fingerprint density at radius 2 is 2.09 bits per heavy atom. The molecule has 1 aromatic carbocycles. The molecule has 0 spiro atoms. The Balaban J connectivity index is 1.72. The molecule has 1 aromatic rings. The van der Waals surface area contributed by atoms with Gasteiger partial charge in [0.1, 0.15) is 0 Å². The van der Waals surface area contributed by atoms with Gasteiger partial charge in [-0.1, -0.05) is 18.2 Å². The van der Waals surface area contributed by atoms with E-state index in [0.717, 1.165) is 6.42 Å². The quantitative estimate of drug-likeness (QED) is 0.572. The van der Waals surface area contributed by atoms with Gasteiger partial charge in [0.2, 0.25) is 15.9 Å². The van der Waals surface area contributed by atoms with E-state index in [4.69, 9.17) is 6.57 Å². The van der Waals surface area contributed by atoms with Crippen molar-refractivity contribution >= 4 is 21.6 Å². The fourth-order valence-electron chi connectivity index (χ4n) is 2.41. The van der Waals surface area contributed by atoms with Gasteiger partial charge in [0, 0.05) is 25.2 Å². The first-order chi connectivity index (χ1) is 11.0. The van der Waals surface area contributed by atoms with Gasteiger partial charge in [-0.25, -0.2) is 15.0 Å². The van der Waals surface area contributed by atoms with Crippen molar-refractivity contribution in [3.8, 4) is 0 Å². The molecule has 124 valence electrons. The summed E-state index contributed by atoms with van der Waals surface area (Å²) in [6, 6.07) is 8.65. The number of hydrogen-bond donors (Lipinski definition) is 2. The smallest absolute Gasteiger partial charge is 0.300 e. The summed E-state index contributed by atoms with van der Waals surface area (Å²) < 4.78 is 26.3. The summed E-state index contributed by atoms with van der Waals surface area (Å²) in [6.07, 6.45) is 1.19. The molecule has 0 bridgehead atoms. The van der Waals surface area contributed by atoms with E-state index in [-0.39, 0.29) is 30.9 Å². The highest BCUT2D eigenvalue weighted by atomic mass is 32.2. The molecule has 2 N–H and O–H groups in total. The molecule has 1 heterocycles. The van der Waals surface area contributed by atoms with Crippen LogP contribution in [0.25, 0.3) is 4.85 Å². The topological polar surface area (TPSA) is 82.9 Å². The first-order valence-electron chi connectivity index (χ1n) is 7.44. The molecule has 1 fully saturated rings. The summed E-state index contributed by atoms with van der Waals surface area (Å²) in [7, 11) is -3.45. The van der Waals surface area contributed by atoms with E-state index in [2.05, 4.69) is 14.9 Å². The van der Waals surface area contributed by atoms with Gasteiger partial charge in [-0.2, -0.15) is 0 Å². The molecular weight excluding hydrogens is 316 g/mol. The molecule has 0 unspecified atom stereocenters. The first kappa shape index (κ1) is 17.2. The number of amides is 1. The number of nitrogens with zero attached hydrogens (tertiary/aromatic N) is 2. The van der Waals surface area contributed by atoms with Crippen LogP contribution in [0.4, 0.5) is 5.69 Å². The molecule has 1 saturated heterocycles. The highest BCUT2D eigenvalue weighted by molar-refractivity contribution is 7.92. The molecule has 1 atom stereocenters. The fourth-order valence-corrected chi connectivity index (χ4v) is 3.42. The number of hydrogen-bond acceptors (Lipinski definition) is 4. The van der Waals surface area contributed by atoms with Gasteiger partial charge >= 0.3 is 6.17 Å². The number of nitrogens with one attached hydrogen (secondary N) is 2. The summed E-state index contributed by atoms with van der Waals surface area (Å²) >= 11 is 0. The Morgan fingerprint density at radius 1 is 1.35 bits per heavy atom. The van der Waals surface area contributed by atoms with Crippen molar-refractivity contribution in [1.29, 1.82) is 0 Å². The van der Waals surface area contributed by atoms with Crippen LogP contribution in [0.15, 0.2) is 30.3 Å². The molecule has 1 aliphatic rings. The molecule has 1 aliphatic heterocycles.